The molecule has 0 amide bonds. The van der Waals surface area contributed by atoms with Gasteiger partial charge >= 0.3 is 0 Å². The van der Waals surface area contributed by atoms with Crippen LogP contribution in [-0.4, -0.2) is 0 Å². The van der Waals surface area contributed by atoms with Crippen LogP contribution in [0.25, 0.3) is 11.1 Å². The molecule has 0 aliphatic heterocycles. The number of halogens is 2. The fourth-order valence-electron chi connectivity index (χ4n) is 1.70. The van der Waals surface area contributed by atoms with Crippen molar-refractivity contribution < 1.29 is 8.78 Å². The third-order valence-electron chi connectivity index (χ3n) is 2.63. The number of rotatable bonds is 2. The molecule has 3 heteroatoms. The van der Waals surface area contributed by atoms with E-state index in [0.29, 0.717) is 5.56 Å². The molecule has 1 nitrogen and oxygen atoms in total. The molecule has 1 atom stereocenters. The van der Waals surface area contributed by atoms with Crippen molar-refractivity contribution in [1.29, 1.82) is 0 Å². The molecule has 0 fully saturated rings. The minimum Gasteiger partial charge on any atom is -0.324 e. The van der Waals surface area contributed by atoms with Gasteiger partial charge in [0.1, 0.15) is 11.6 Å². The van der Waals surface area contributed by atoms with Gasteiger partial charge in [-0.2, -0.15) is 0 Å². The summed E-state index contributed by atoms with van der Waals surface area (Å²) in [6, 6.07) is 10.8. The highest BCUT2D eigenvalue weighted by Gasteiger charge is 2.04. The summed E-state index contributed by atoms with van der Waals surface area (Å²) in [7, 11) is 0. The minimum absolute atomic E-state index is 0.0479. The van der Waals surface area contributed by atoms with Gasteiger partial charge in [0, 0.05) is 12.1 Å². The first-order chi connectivity index (χ1) is 8.06. The maximum atomic E-state index is 13.1. The molecule has 1 unspecified atom stereocenters. The second-order valence-electron chi connectivity index (χ2n) is 4.07. The zero-order valence-electron chi connectivity index (χ0n) is 9.45. The Hall–Kier alpha value is -1.74. The van der Waals surface area contributed by atoms with E-state index >= 15 is 0 Å². The van der Waals surface area contributed by atoms with Crippen molar-refractivity contribution in [3.05, 3.63) is 59.7 Å². The lowest BCUT2D eigenvalue weighted by Crippen LogP contribution is -2.04. The Morgan fingerprint density at radius 1 is 0.882 bits per heavy atom. The molecule has 0 aliphatic rings. The van der Waals surface area contributed by atoms with Gasteiger partial charge in [-0.15, -0.1) is 0 Å². The van der Waals surface area contributed by atoms with E-state index in [1.165, 1.54) is 12.1 Å². The lowest BCUT2D eigenvalue weighted by molar-refractivity contribution is 0.584. The second-order valence-corrected chi connectivity index (χ2v) is 4.07. The van der Waals surface area contributed by atoms with Crippen LogP contribution in [0.15, 0.2) is 42.5 Å². The molecule has 0 saturated heterocycles. The van der Waals surface area contributed by atoms with Gasteiger partial charge in [-0.25, -0.2) is 8.78 Å². The number of nitrogens with two attached hydrogens (primary N) is 1. The standard InChI is InChI=1S/C14H13F2N/c1-9(17)10-2-4-11(5-3-10)12-6-13(15)8-14(16)7-12/h2-9H,17H2,1H3. The van der Waals surface area contributed by atoms with Crippen LogP contribution in [0.2, 0.25) is 0 Å². The van der Waals surface area contributed by atoms with E-state index < -0.39 is 11.6 Å². The molecule has 0 aliphatic carbocycles. The van der Waals surface area contributed by atoms with Crippen LogP contribution in [0.4, 0.5) is 8.78 Å². The largest absolute Gasteiger partial charge is 0.324 e. The van der Waals surface area contributed by atoms with E-state index in [1.54, 1.807) is 0 Å². The van der Waals surface area contributed by atoms with Crippen LogP contribution in [0.1, 0.15) is 18.5 Å². The van der Waals surface area contributed by atoms with Crippen LogP contribution in [0, 0.1) is 11.6 Å². The van der Waals surface area contributed by atoms with Crippen molar-refractivity contribution in [2.75, 3.05) is 0 Å². The lowest BCUT2D eigenvalue weighted by atomic mass is 10.0. The summed E-state index contributed by atoms with van der Waals surface area (Å²) < 4.78 is 26.1. The Morgan fingerprint density at radius 3 is 1.88 bits per heavy atom. The lowest BCUT2D eigenvalue weighted by Gasteiger charge is -2.07. The van der Waals surface area contributed by atoms with Gasteiger partial charge in [-0.1, -0.05) is 24.3 Å². The van der Waals surface area contributed by atoms with Gasteiger partial charge in [0.05, 0.1) is 0 Å². The van der Waals surface area contributed by atoms with Crippen molar-refractivity contribution in [2.24, 2.45) is 5.73 Å². The van der Waals surface area contributed by atoms with Gasteiger partial charge in [0.2, 0.25) is 0 Å². The van der Waals surface area contributed by atoms with Crippen molar-refractivity contribution in [2.45, 2.75) is 13.0 Å². The van der Waals surface area contributed by atoms with Gasteiger partial charge < -0.3 is 5.73 Å². The fraction of sp³-hybridized carbons (Fsp3) is 0.143. The maximum absolute atomic E-state index is 13.1. The number of benzene rings is 2. The molecule has 2 aromatic rings. The summed E-state index contributed by atoms with van der Waals surface area (Å²) >= 11 is 0. The van der Waals surface area contributed by atoms with Crippen molar-refractivity contribution >= 4 is 0 Å². The fourth-order valence-corrected chi connectivity index (χ4v) is 1.70. The molecule has 2 rings (SSSR count). The van der Waals surface area contributed by atoms with E-state index in [1.807, 2.05) is 31.2 Å². The quantitative estimate of drug-likeness (QED) is 0.841. The first-order valence-electron chi connectivity index (χ1n) is 5.38. The van der Waals surface area contributed by atoms with Crippen LogP contribution < -0.4 is 5.73 Å². The van der Waals surface area contributed by atoms with E-state index in [2.05, 4.69) is 0 Å². The zero-order valence-corrected chi connectivity index (χ0v) is 9.45. The molecular weight excluding hydrogens is 220 g/mol. The number of hydrogen-bond acceptors (Lipinski definition) is 1. The first kappa shape index (κ1) is 11.7. The highest BCUT2D eigenvalue weighted by Crippen LogP contribution is 2.23. The molecule has 0 bridgehead atoms. The molecule has 0 saturated carbocycles. The molecule has 2 aromatic carbocycles. The Labute approximate surface area is 98.9 Å². The van der Waals surface area contributed by atoms with Gasteiger partial charge in [0.25, 0.3) is 0 Å². The molecule has 17 heavy (non-hydrogen) atoms. The summed E-state index contributed by atoms with van der Waals surface area (Å²) in [6.07, 6.45) is 0. The zero-order chi connectivity index (χ0) is 12.4. The van der Waals surface area contributed by atoms with Gasteiger partial charge in [0.15, 0.2) is 0 Å². The summed E-state index contributed by atoms with van der Waals surface area (Å²) in [5, 5.41) is 0. The average Bonchev–Trinajstić information content (AvgIpc) is 2.28. The smallest absolute Gasteiger partial charge is 0.126 e. The maximum Gasteiger partial charge on any atom is 0.126 e. The van der Waals surface area contributed by atoms with Crippen molar-refractivity contribution in [3.63, 3.8) is 0 Å². The van der Waals surface area contributed by atoms with E-state index in [0.717, 1.165) is 17.2 Å². The molecule has 0 aromatic heterocycles. The second kappa shape index (κ2) is 4.63. The van der Waals surface area contributed by atoms with E-state index in [4.69, 9.17) is 5.73 Å². The van der Waals surface area contributed by atoms with Crippen molar-refractivity contribution in [1.82, 2.24) is 0 Å². The van der Waals surface area contributed by atoms with Crippen LogP contribution >= 0.6 is 0 Å². The first-order valence-corrected chi connectivity index (χ1v) is 5.38. The van der Waals surface area contributed by atoms with Crippen LogP contribution in [-0.2, 0) is 0 Å². The normalized spacial score (nSPS) is 12.5. The highest BCUT2D eigenvalue weighted by atomic mass is 19.1. The molecule has 0 radical (unpaired) electrons. The summed E-state index contributed by atoms with van der Waals surface area (Å²) in [5.74, 6) is -1.15. The predicted octanol–water partition coefficient (Wildman–Crippen LogP) is 3.65. The SMILES string of the molecule is CC(N)c1ccc(-c2cc(F)cc(F)c2)cc1. The van der Waals surface area contributed by atoms with Crippen molar-refractivity contribution in [3.8, 4) is 11.1 Å². The summed E-state index contributed by atoms with van der Waals surface area (Å²) in [6.45, 7) is 1.89. The van der Waals surface area contributed by atoms with E-state index in [-0.39, 0.29) is 6.04 Å². The molecule has 88 valence electrons. The van der Waals surface area contributed by atoms with Gasteiger partial charge in [-0.05, 0) is 35.7 Å². The van der Waals surface area contributed by atoms with E-state index in [9.17, 15) is 8.78 Å². The summed E-state index contributed by atoms with van der Waals surface area (Å²) in [5.41, 5.74) is 8.02. The third-order valence-corrected chi connectivity index (χ3v) is 2.63. The Bertz CT molecular complexity index is 498. The monoisotopic (exact) mass is 233 g/mol. The molecule has 0 heterocycles. The average molecular weight is 233 g/mol. The Morgan fingerprint density at radius 2 is 1.41 bits per heavy atom. The molecule has 2 N–H and O–H groups in total. The molecule has 0 spiro atoms. The highest BCUT2D eigenvalue weighted by molar-refractivity contribution is 5.63. The Balaban J connectivity index is 2.39. The number of hydrogen-bond donors (Lipinski definition) is 1. The minimum atomic E-state index is -0.573. The Kier molecular flexibility index (Phi) is 3.20. The predicted molar refractivity (Wildman–Crippen MR) is 64.4 cm³/mol. The van der Waals surface area contributed by atoms with Gasteiger partial charge in [-0.3, -0.25) is 0 Å². The van der Waals surface area contributed by atoms with Crippen LogP contribution in [0.3, 0.4) is 0 Å². The third kappa shape index (κ3) is 2.68. The topological polar surface area (TPSA) is 26.0 Å². The summed E-state index contributed by atoms with van der Waals surface area (Å²) in [4.78, 5) is 0. The molecular formula is C14H13F2N. The van der Waals surface area contributed by atoms with Crippen LogP contribution in [0.5, 0.6) is 0 Å².